The van der Waals surface area contributed by atoms with E-state index in [0.29, 0.717) is 0 Å². The molecule has 1 aromatic rings. The zero-order valence-electron chi connectivity index (χ0n) is 14.2. The Labute approximate surface area is 135 Å². The maximum absolute atomic E-state index is 13.9. The highest BCUT2D eigenvalue weighted by Gasteiger charge is 2.22. The van der Waals surface area contributed by atoms with Crippen LogP contribution in [0.4, 0.5) is 14.9 Å². The Morgan fingerprint density at radius 2 is 1.70 bits per heavy atom. The topological polar surface area (TPSA) is 76.7 Å². The molecule has 0 radical (unpaired) electrons. The number of carbonyl (C=O) groups is 2. The molecule has 0 spiro atoms. The molecule has 0 atom stereocenters. The van der Waals surface area contributed by atoms with Crippen molar-refractivity contribution >= 4 is 17.7 Å². The molecule has 0 fully saturated rings. The lowest BCUT2D eigenvalue weighted by molar-refractivity contribution is -0.135. The zero-order valence-corrected chi connectivity index (χ0v) is 14.2. The van der Waals surface area contributed by atoms with Crippen LogP contribution in [-0.2, 0) is 9.53 Å². The molecule has 6 nitrogen and oxygen atoms in total. The number of carbonyl (C=O) groups excluding carboxylic acids is 2. The number of rotatable bonds is 3. The van der Waals surface area contributed by atoms with Gasteiger partial charge in [-0.05, 0) is 32.9 Å². The highest BCUT2D eigenvalue weighted by Crippen LogP contribution is 2.22. The predicted molar refractivity (Wildman–Crippen MR) is 84.5 cm³/mol. The molecule has 0 bridgehead atoms. The van der Waals surface area contributed by atoms with Gasteiger partial charge >= 0.3 is 6.09 Å². The van der Waals surface area contributed by atoms with E-state index in [2.05, 4.69) is 10.8 Å². The van der Waals surface area contributed by atoms with Gasteiger partial charge in [-0.25, -0.2) is 9.18 Å². The average molecular weight is 326 g/mol. The van der Waals surface area contributed by atoms with Crippen molar-refractivity contribution in [3.63, 3.8) is 0 Å². The second kappa shape index (κ2) is 6.85. The molecule has 1 aromatic carbocycles. The standard InChI is InChI=1S/C16H23FN2O4/c1-15(2,3)13(20)19-23-12-8-7-10(9-11(12)17)18-14(21)22-16(4,5)6/h7-9H,1-6H3,(H,18,21)(H,19,20). The van der Waals surface area contributed by atoms with Crippen LogP contribution in [0, 0.1) is 11.2 Å². The Morgan fingerprint density at radius 1 is 1.09 bits per heavy atom. The quantitative estimate of drug-likeness (QED) is 0.832. The van der Waals surface area contributed by atoms with Crippen molar-refractivity contribution in [2.75, 3.05) is 5.32 Å². The fourth-order valence-electron chi connectivity index (χ4n) is 1.34. The van der Waals surface area contributed by atoms with E-state index < -0.39 is 22.9 Å². The van der Waals surface area contributed by atoms with Gasteiger partial charge in [-0.15, -0.1) is 0 Å². The second-order valence-corrected chi connectivity index (χ2v) is 7.06. The maximum atomic E-state index is 13.9. The average Bonchev–Trinajstić information content (AvgIpc) is 2.33. The molecule has 0 aromatic heterocycles. The molecule has 128 valence electrons. The number of hydrogen-bond acceptors (Lipinski definition) is 4. The van der Waals surface area contributed by atoms with Gasteiger partial charge in [-0.2, -0.15) is 5.48 Å². The normalized spacial score (nSPS) is 11.6. The molecule has 2 amide bonds. The van der Waals surface area contributed by atoms with Crippen LogP contribution in [0.25, 0.3) is 0 Å². The summed E-state index contributed by atoms with van der Waals surface area (Å²) in [5, 5.41) is 2.41. The van der Waals surface area contributed by atoms with Crippen LogP contribution in [0.15, 0.2) is 18.2 Å². The Bertz CT molecular complexity index is 589. The van der Waals surface area contributed by atoms with Crippen LogP contribution in [0.1, 0.15) is 41.5 Å². The highest BCUT2D eigenvalue weighted by molar-refractivity contribution is 5.85. The van der Waals surface area contributed by atoms with E-state index in [1.165, 1.54) is 12.1 Å². The molecule has 1 rings (SSSR count). The minimum Gasteiger partial charge on any atom is -0.444 e. The molecule has 2 N–H and O–H groups in total. The summed E-state index contributed by atoms with van der Waals surface area (Å²) in [4.78, 5) is 28.2. The van der Waals surface area contributed by atoms with Crippen molar-refractivity contribution in [1.29, 1.82) is 0 Å². The van der Waals surface area contributed by atoms with Crippen LogP contribution in [0.5, 0.6) is 5.75 Å². The summed E-state index contributed by atoms with van der Waals surface area (Å²) in [5.74, 6) is -1.27. The molecule has 0 saturated carbocycles. The van der Waals surface area contributed by atoms with Gasteiger partial charge in [0.15, 0.2) is 11.6 Å². The fourth-order valence-corrected chi connectivity index (χ4v) is 1.34. The van der Waals surface area contributed by atoms with Crippen molar-refractivity contribution in [1.82, 2.24) is 5.48 Å². The van der Waals surface area contributed by atoms with Crippen LogP contribution >= 0.6 is 0 Å². The van der Waals surface area contributed by atoms with Gasteiger partial charge in [0.25, 0.3) is 5.91 Å². The lowest BCUT2D eigenvalue weighted by Crippen LogP contribution is -2.37. The van der Waals surface area contributed by atoms with Crippen LogP contribution in [-0.4, -0.2) is 17.6 Å². The summed E-state index contributed by atoms with van der Waals surface area (Å²) in [6.07, 6.45) is -0.688. The summed E-state index contributed by atoms with van der Waals surface area (Å²) in [6, 6.07) is 3.80. The number of nitrogens with one attached hydrogen (secondary N) is 2. The Hall–Kier alpha value is -2.31. The molecular weight excluding hydrogens is 303 g/mol. The summed E-state index contributed by atoms with van der Waals surface area (Å²) < 4.78 is 19.0. The first-order chi connectivity index (χ1) is 10.4. The van der Waals surface area contributed by atoms with Gasteiger partial charge in [0.2, 0.25) is 0 Å². The number of hydrogen-bond donors (Lipinski definition) is 2. The molecule has 23 heavy (non-hydrogen) atoms. The lowest BCUT2D eigenvalue weighted by atomic mass is 9.96. The van der Waals surface area contributed by atoms with E-state index in [9.17, 15) is 14.0 Å². The number of halogens is 1. The lowest BCUT2D eigenvalue weighted by Gasteiger charge is -2.20. The van der Waals surface area contributed by atoms with E-state index in [1.807, 2.05) is 0 Å². The van der Waals surface area contributed by atoms with E-state index in [0.717, 1.165) is 6.07 Å². The smallest absolute Gasteiger partial charge is 0.412 e. The molecule has 0 heterocycles. The number of ether oxygens (including phenoxy) is 1. The molecular formula is C16H23FN2O4. The Morgan fingerprint density at radius 3 is 2.17 bits per heavy atom. The van der Waals surface area contributed by atoms with Gasteiger partial charge in [-0.1, -0.05) is 20.8 Å². The Kier molecular flexibility index (Phi) is 5.58. The Balaban J connectivity index is 2.68. The van der Waals surface area contributed by atoms with Crippen LogP contribution < -0.4 is 15.6 Å². The first kappa shape index (κ1) is 18.7. The zero-order chi connectivity index (χ0) is 17.8. The predicted octanol–water partition coefficient (Wildman–Crippen LogP) is 3.63. The second-order valence-electron chi connectivity index (χ2n) is 7.06. The van der Waals surface area contributed by atoms with Crippen LogP contribution in [0.3, 0.4) is 0 Å². The van der Waals surface area contributed by atoms with Gasteiger partial charge in [-0.3, -0.25) is 10.1 Å². The first-order valence-corrected chi connectivity index (χ1v) is 7.15. The number of benzene rings is 1. The number of hydroxylamine groups is 1. The fraction of sp³-hybridized carbons (Fsp3) is 0.500. The van der Waals surface area contributed by atoms with Gasteiger partial charge in [0.1, 0.15) is 5.60 Å². The monoisotopic (exact) mass is 326 g/mol. The first-order valence-electron chi connectivity index (χ1n) is 7.15. The summed E-state index contributed by atoms with van der Waals surface area (Å²) >= 11 is 0. The van der Waals surface area contributed by atoms with Gasteiger partial charge < -0.3 is 9.57 Å². The molecule has 0 aliphatic rings. The van der Waals surface area contributed by atoms with Crippen molar-refractivity contribution in [3.8, 4) is 5.75 Å². The third-order valence-electron chi connectivity index (χ3n) is 2.51. The minimum absolute atomic E-state index is 0.155. The van der Waals surface area contributed by atoms with Crippen molar-refractivity contribution in [2.24, 2.45) is 5.41 Å². The number of anilines is 1. The maximum Gasteiger partial charge on any atom is 0.412 e. The minimum atomic E-state index is -0.729. The van der Waals surface area contributed by atoms with Crippen molar-refractivity contribution in [2.45, 2.75) is 47.1 Å². The molecule has 0 aliphatic heterocycles. The van der Waals surface area contributed by atoms with Gasteiger partial charge in [0, 0.05) is 17.2 Å². The van der Waals surface area contributed by atoms with Crippen LogP contribution in [0.2, 0.25) is 0 Å². The highest BCUT2D eigenvalue weighted by atomic mass is 19.1. The molecule has 0 unspecified atom stereocenters. The molecule has 7 heteroatoms. The van der Waals surface area contributed by atoms with E-state index in [-0.39, 0.29) is 17.3 Å². The van der Waals surface area contributed by atoms with E-state index >= 15 is 0 Å². The van der Waals surface area contributed by atoms with Gasteiger partial charge in [0.05, 0.1) is 0 Å². The van der Waals surface area contributed by atoms with E-state index in [1.54, 1.807) is 41.5 Å². The number of amides is 2. The summed E-state index contributed by atoms with van der Waals surface area (Å²) in [6.45, 7) is 10.3. The molecule has 0 aliphatic carbocycles. The van der Waals surface area contributed by atoms with Crippen molar-refractivity contribution < 1.29 is 23.6 Å². The summed E-state index contributed by atoms with van der Waals surface area (Å²) in [7, 11) is 0. The summed E-state index contributed by atoms with van der Waals surface area (Å²) in [5.41, 5.74) is 1.09. The third kappa shape index (κ3) is 6.54. The van der Waals surface area contributed by atoms with Crippen molar-refractivity contribution in [3.05, 3.63) is 24.0 Å². The molecule has 0 saturated heterocycles. The SMILES string of the molecule is CC(C)(C)OC(=O)Nc1ccc(ONC(=O)C(C)(C)C)c(F)c1. The third-order valence-corrected chi connectivity index (χ3v) is 2.51. The largest absolute Gasteiger partial charge is 0.444 e. The van der Waals surface area contributed by atoms with E-state index in [4.69, 9.17) is 9.57 Å².